The second kappa shape index (κ2) is 5.30. The van der Waals surface area contributed by atoms with E-state index >= 15 is 0 Å². The van der Waals surface area contributed by atoms with E-state index < -0.39 is 11.9 Å². The van der Waals surface area contributed by atoms with Crippen molar-refractivity contribution in [1.82, 2.24) is 4.57 Å². The van der Waals surface area contributed by atoms with E-state index in [0.717, 1.165) is 4.88 Å². The van der Waals surface area contributed by atoms with Gasteiger partial charge in [-0.3, -0.25) is 9.59 Å². The maximum absolute atomic E-state index is 12.0. The highest BCUT2D eigenvalue weighted by Crippen LogP contribution is 2.27. The predicted molar refractivity (Wildman–Crippen MR) is 75.7 cm³/mol. The van der Waals surface area contributed by atoms with Gasteiger partial charge in [-0.25, -0.2) is 4.79 Å². The molecule has 0 spiro atoms. The second-order valence-electron chi connectivity index (χ2n) is 4.22. The van der Waals surface area contributed by atoms with E-state index in [1.54, 1.807) is 14.0 Å². The molecule has 0 aliphatic carbocycles. The van der Waals surface area contributed by atoms with Gasteiger partial charge in [0.1, 0.15) is 5.00 Å². The molecule has 104 valence electrons. The fourth-order valence-electron chi connectivity index (χ4n) is 1.63. The van der Waals surface area contributed by atoms with Crippen LogP contribution in [0.15, 0.2) is 29.2 Å². The highest BCUT2D eigenvalue weighted by Gasteiger charge is 2.17. The van der Waals surface area contributed by atoms with Gasteiger partial charge in [0.15, 0.2) is 0 Å². The number of nitrogens with zero attached hydrogens (tertiary/aromatic N) is 1. The number of aromatic nitrogens is 1. The summed E-state index contributed by atoms with van der Waals surface area (Å²) in [5.74, 6) is -1.61. The fourth-order valence-corrected chi connectivity index (χ4v) is 2.53. The summed E-state index contributed by atoms with van der Waals surface area (Å²) in [6.45, 7) is 1.75. The number of rotatable bonds is 3. The summed E-state index contributed by atoms with van der Waals surface area (Å²) in [5.41, 5.74) is -0.0707. The molecule has 2 aromatic heterocycles. The van der Waals surface area contributed by atoms with Crippen molar-refractivity contribution in [2.75, 3.05) is 5.32 Å². The third kappa shape index (κ3) is 2.77. The molecule has 0 saturated heterocycles. The Morgan fingerprint density at radius 3 is 2.65 bits per heavy atom. The predicted octanol–water partition coefficient (Wildman–Crippen LogP) is 1.71. The molecule has 6 nitrogen and oxygen atoms in total. The summed E-state index contributed by atoms with van der Waals surface area (Å²) in [5, 5.41) is 11.8. The van der Waals surface area contributed by atoms with Crippen LogP contribution >= 0.6 is 11.3 Å². The first-order valence-electron chi connectivity index (χ1n) is 5.70. The lowest BCUT2D eigenvalue weighted by molar-refractivity contribution is 0.0698. The molecule has 2 rings (SSSR count). The number of pyridine rings is 1. The monoisotopic (exact) mass is 292 g/mol. The number of amides is 1. The maximum atomic E-state index is 12.0. The molecule has 0 aliphatic heterocycles. The molecule has 0 bridgehead atoms. The van der Waals surface area contributed by atoms with E-state index in [2.05, 4.69) is 5.32 Å². The Hall–Kier alpha value is -2.41. The molecule has 2 heterocycles. The number of aromatic carboxylic acids is 1. The minimum Gasteiger partial charge on any atom is -0.478 e. The second-order valence-corrected chi connectivity index (χ2v) is 5.48. The Morgan fingerprint density at radius 1 is 1.35 bits per heavy atom. The number of nitrogens with one attached hydrogen (secondary N) is 1. The van der Waals surface area contributed by atoms with E-state index in [0.29, 0.717) is 0 Å². The first-order chi connectivity index (χ1) is 9.38. The van der Waals surface area contributed by atoms with Gasteiger partial charge in [-0.1, -0.05) is 0 Å². The Kier molecular flexibility index (Phi) is 3.71. The van der Waals surface area contributed by atoms with E-state index in [-0.39, 0.29) is 21.7 Å². The number of hydrogen-bond acceptors (Lipinski definition) is 4. The zero-order valence-electron chi connectivity index (χ0n) is 10.8. The van der Waals surface area contributed by atoms with Crippen molar-refractivity contribution in [2.45, 2.75) is 6.92 Å². The minimum absolute atomic E-state index is 0.0460. The highest BCUT2D eigenvalue weighted by molar-refractivity contribution is 7.16. The summed E-state index contributed by atoms with van der Waals surface area (Å²) >= 11 is 1.18. The molecule has 0 atom stereocenters. The standard InChI is InChI=1S/C13H12N2O4S/c1-7-5-9(13(18)19)12(20-7)14-11(17)8-3-4-15(2)10(16)6-8/h3-6H,1-2H3,(H,14,17)(H,18,19). The molecule has 7 heteroatoms. The van der Waals surface area contributed by atoms with Crippen LogP contribution in [0.25, 0.3) is 0 Å². The minimum atomic E-state index is -1.10. The number of carbonyl (C=O) groups excluding carboxylic acids is 1. The van der Waals surface area contributed by atoms with Gasteiger partial charge in [-0.2, -0.15) is 0 Å². The van der Waals surface area contributed by atoms with Crippen LogP contribution in [0.2, 0.25) is 0 Å². The summed E-state index contributed by atoms with van der Waals surface area (Å²) in [7, 11) is 1.58. The van der Waals surface area contributed by atoms with E-state index in [1.165, 1.54) is 40.3 Å². The van der Waals surface area contributed by atoms with Crippen LogP contribution in [0.5, 0.6) is 0 Å². The highest BCUT2D eigenvalue weighted by atomic mass is 32.1. The summed E-state index contributed by atoms with van der Waals surface area (Å²) in [4.78, 5) is 35.3. The van der Waals surface area contributed by atoms with Crippen LogP contribution in [-0.4, -0.2) is 21.6 Å². The van der Waals surface area contributed by atoms with Gasteiger partial charge in [0.05, 0.1) is 5.56 Å². The van der Waals surface area contributed by atoms with E-state index in [4.69, 9.17) is 5.11 Å². The van der Waals surface area contributed by atoms with Crippen molar-refractivity contribution >= 4 is 28.2 Å². The molecule has 0 unspecified atom stereocenters. The first-order valence-corrected chi connectivity index (χ1v) is 6.52. The van der Waals surface area contributed by atoms with Crippen LogP contribution in [0.1, 0.15) is 25.6 Å². The zero-order valence-corrected chi connectivity index (χ0v) is 11.7. The fraction of sp³-hybridized carbons (Fsp3) is 0.154. The van der Waals surface area contributed by atoms with Crippen LogP contribution in [0.3, 0.4) is 0 Å². The van der Waals surface area contributed by atoms with Gasteiger partial charge in [0, 0.05) is 29.8 Å². The zero-order chi connectivity index (χ0) is 14.9. The van der Waals surface area contributed by atoms with Crippen LogP contribution in [-0.2, 0) is 7.05 Å². The van der Waals surface area contributed by atoms with Gasteiger partial charge >= 0.3 is 5.97 Å². The molecular weight excluding hydrogens is 280 g/mol. The Balaban J connectivity index is 2.30. The average molecular weight is 292 g/mol. The smallest absolute Gasteiger partial charge is 0.338 e. The number of aryl methyl sites for hydroxylation is 2. The van der Waals surface area contributed by atoms with Crippen molar-refractivity contribution in [3.05, 3.63) is 50.8 Å². The lowest BCUT2D eigenvalue weighted by atomic mass is 10.2. The van der Waals surface area contributed by atoms with E-state index in [1.807, 2.05) is 0 Å². The summed E-state index contributed by atoms with van der Waals surface area (Å²) in [6, 6.07) is 4.19. The number of hydrogen-bond donors (Lipinski definition) is 2. The Morgan fingerprint density at radius 2 is 2.05 bits per heavy atom. The van der Waals surface area contributed by atoms with Gasteiger partial charge < -0.3 is 15.0 Å². The molecule has 0 fully saturated rings. The normalized spacial score (nSPS) is 10.3. The number of carboxylic acids is 1. The van der Waals surface area contributed by atoms with Gasteiger partial charge in [-0.15, -0.1) is 11.3 Å². The third-order valence-electron chi connectivity index (χ3n) is 2.68. The molecule has 2 aromatic rings. The lowest BCUT2D eigenvalue weighted by Crippen LogP contribution is -2.20. The number of carbonyl (C=O) groups is 2. The molecule has 20 heavy (non-hydrogen) atoms. The van der Waals surface area contributed by atoms with Crippen molar-refractivity contribution < 1.29 is 14.7 Å². The first kappa shape index (κ1) is 14.0. The quantitative estimate of drug-likeness (QED) is 0.901. The van der Waals surface area contributed by atoms with Crippen LogP contribution in [0.4, 0.5) is 5.00 Å². The Bertz CT molecular complexity index is 745. The van der Waals surface area contributed by atoms with Crippen molar-refractivity contribution in [3.8, 4) is 0 Å². The van der Waals surface area contributed by atoms with Crippen molar-refractivity contribution in [3.63, 3.8) is 0 Å². The molecule has 2 N–H and O–H groups in total. The third-order valence-corrected chi connectivity index (χ3v) is 3.65. The molecular formula is C13H12N2O4S. The van der Waals surface area contributed by atoms with Crippen molar-refractivity contribution in [2.24, 2.45) is 7.05 Å². The molecule has 0 saturated carbocycles. The summed E-state index contributed by atoms with van der Waals surface area (Å²) < 4.78 is 1.34. The SMILES string of the molecule is Cc1cc(C(=O)O)c(NC(=O)c2ccn(C)c(=O)c2)s1. The largest absolute Gasteiger partial charge is 0.478 e. The van der Waals surface area contributed by atoms with Gasteiger partial charge in [0.2, 0.25) is 0 Å². The van der Waals surface area contributed by atoms with Gasteiger partial charge in [-0.05, 0) is 19.1 Å². The number of anilines is 1. The molecule has 0 aliphatic rings. The lowest BCUT2D eigenvalue weighted by Gasteiger charge is -2.04. The molecule has 0 radical (unpaired) electrons. The number of thiophene rings is 1. The van der Waals surface area contributed by atoms with Crippen LogP contribution < -0.4 is 10.9 Å². The molecule has 0 aromatic carbocycles. The maximum Gasteiger partial charge on any atom is 0.338 e. The van der Waals surface area contributed by atoms with E-state index in [9.17, 15) is 14.4 Å². The topological polar surface area (TPSA) is 88.4 Å². The van der Waals surface area contributed by atoms with Crippen LogP contribution in [0, 0.1) is 6.92 Å². The molecule has 1 amide bonds. The van der Waals surface area contributed by atoms with Gasteiger partial charge in [0.25, 0.3) is 11.5 Å². The summed E-state index contributed by atoms with van der Waals surface area (Å²) in [6.07, 6.45) is 1.48. The van der Waals surface area contributed by atoms with Crippen molar-refractivity contribution in [1.29, 1.82) is 0 Å². The average Bonchev–Trinajstić information content (AvgIpc) is 2.73. The number of carboxylic acid groups (broad SMARTS) is 1. The Labute approximate surface area is 118 Å².